The minimum Gasteiger partial charge on any atom is -0.493 e. The highest BCUT2D eigenvalue weighted by Crippen LogP contribution is 2.36. The molecular formula is C29H35N3O3S. The third-order valence-corrected chi connectivity index (χ3v) is 8.16. The van der Waals surface area contributed by atoms with Crippen LogP contribution in [0.3, 0.4) is 0 Å². The highest BCUT2D eigenvalue weighted by atomic mass is 32.1. The Balaban J connectivity index is 1.35. The second-order valence-electron chi connectivity index (χ2n) is 9.80. The number of piperazine rings is 1. The molecule has 36 heavy (non-hydrogen) atoms. The highest BCUT2D eigenvalue weighted by Gasteiger charge is 2.31. The van der Waals surface area contributed by atoms with Crippen molar-refractivity contribution in [2.75, 3.05) is 31.6 Å². The molecule has 6 nitrogen and oxygen atoms in total. The lowest BCUT2D eigenvalue weighted by molar-refractivity contribution is -0.133. The van der Waals surface area contributed by atoms with Crippen LogP contribution in [0.2, 0.25) is 0 Å². The van der Waals surface area contributed by atoms with Crippen molar-refractivity contribution in [2.24, 2.45) is 0 Å². The molecule has 1 aliphatic carbocycles. The Morgan fingerprint density at radius 2 is 1.89 bits per heavy atom. The zero-order valence-corrected chi connectivity index (χ0v) is 22.0. The van der Waals surface area contributed by atoms with Crippen LogP contribution in [0.15, 0.2) is 53.9 Å². The van der Waals surface area contributed by atoms with Crippen molar-refractivity contribution in [1.82, 2.24) is 9.88 Å². The molecule has 0 bridgehead atoms. The highest BCUT2D eigenvalue weighted by molar-refractivity contribution is 7.09. The summed E-state index contributed by atoms with van der Waals surface area (Å²) in [5.74, 6) is 1.75. The van der Waals surface area contributed by atoms with E-state index in [9.17, 15) is 4.79 Å². The molecule has 0 radical (unpaired) electrons. The van der Waals surface area contributed by atoms with E-state index in [0.717, 1.165) is 60.2 Å². The van der Waals surface area contributed by atoms with Gasteiger partial charge < -0.3 is 19.3 Å². The molecule has 1 aliphatic heterocycles. The second kappa shape index (κ2) is 11.3. The number of nitrogens with zero attached hydrogens (tertiary/aromatic N) is 3. The van der Waals surface area contributed by atoms with Crippen LogP contribution in [-0.4, -0.2) is 54.7 Å². The van der Waals surface area contributed by atoms with Crippen molar-refractivity contribution in [3.63, 3.8) is 0 Å². The Hall–Kier alpha value is -3.06. The average molecular weight is 506 g/mol. The van der Waals surface area contributed by atoms with Gasteiger partial charge in [-0.15, -0.1) is 11.3 Å². The van der Waals surface area contributed by atoms with Crippen LogP contribution < -0.4 is 14.4 Å². The summed E-state index contributed by atoms with van der Waals surface area (Å²) in [6.45, 7) is 4.21. The first-order valence-corrected chi connectivity index (χ1v) is 13.8. The summed E-state index contributed by atoms with van der Waals surface area (Å²) in [5, 5.41) is 2.90. The second-order valence-corrected chi connectivity index (χ2v) is 10.7. The number of carbonyl (C=O) groups is 1. The molecule has 5 rings (SSSR count). The van der Waals surface area contributed by atoms with E-state index in [0.29, 0.717) is 13.0 Å². The first kappa shape index (κ1) is 24.6. The first-order chi connectivity index (χ1) is 17.6. The van der Waals surface area contributed by atoms with Crippen LogP contribution in [0.1, 0.15) is 41.9 Å². The average Bonchev–Trinajstić information content (AvgIpc) is 3.56. The molecule has 0 N–H and O–H groups in total. The quantitative estimate of drug-likeness (QED) is 0.417. The summed E-state index contributed by atoms with van der Waals surface area (Å²) < 4.78 is 12.0. The number of amides is 1. The van der Waals surface area contributed by atoms with Crippen LogP contribution in [0.4, 0.5) is 5.69 Å². The molecule has 0 unspecified atom stereocenters. The fourth-order valence-corrected chi connectivity index (χ4v) is 6.10. The van der Waals surface area contributed by atoms with Crippen LogP contribution in [-0.2, 0) is 17.6 Å². The predicted octanol–water partition coefficient (Wildman–Crippen LogP) is 5.28. The maximum atomic E-state index is 13.4. The van der Waals surface area contributed by atoms with Gasteiger partial charge in [0.15, 0.2) is 11.5 Å². The number of anilines is 1. The number of hydrogen-bond acceptors (Lipinski definition) is 6. The van der Waals surface area contributed by atoms with Crippen molar-refractivity contribution in [1.29, 1.82) is 0 Å². The number of rotatable bonds is 8. The zero-order chi connectivity index (χ0) is 24.9. The number of ether oxygens (including phenoxy) is 2. The van der Waals surface area contributed by atoms with E-state index in [1.54, 1.807) is 18.4 Å². The van der Waals surface area contributed by atoms with Gasteiger partial charge in [-0.1, -0.05) is 30.3 Å². The summed E-state index contributed by atoms with van der Waals surface area (Å²) in [5.41, 5.74) is 3.33. The van der Waals surface area contributed by atoms with Gasteiger partial charge in [0.25, 0.3) is 0 Å². The maximum Gasteiger partial charge on any atom is 0.229 e. The number of aromatic nitrogens is 1. The van der Waals surface area contributed by atoms with Gasteiger partial charge in [0, 0.05) is 42.5 Å². The third kappa shape index (κ3) is 5.84. The molecule has 3 aromatic rings. The summed E-state index contributed by atoms with van der Waals surface area (Å²) in [7, 11) is 1.70. The van der Waals surface area contributed by atoms with E-state index in [1.165, 1.54) is 18.4 Å². The number of thiazole rings is 1. The molecule has 1 aromatic heterocycles. The van der Waals surface area contributed by atoms with E-state index in [2.05, 4.69) is 51.2 Å². The lowest BCUT2D eigenvalue weighted by atomic mass is 10.0. The number of benzene rings is 2. The van der Waals surface area contributed by atoms with Crippen LogP contribution in [0, 0.1) is 6.92 Å². The molecule has 1 atom stereocenters. The van der Waals surface area contributed by atoms with Crippen LogP contribution in [0.25, 0.3) is 0 Å². The number of hydrogen-bond donors (Lipinski definition) is 0. The van der Waals surface area contributed by atoms with Crippen molar-refractivity contribution < 1.29 is 14.3 Å². The standard InChI is InChI=1S/C29H35N3O3S/c1-21-20-36-28(30-21)18-29(33)32-15-14-31(19-24(32)16-22-8-4-3-5-9-22)23-12-13-26(34-2)27(17-23)35-25-10-6-7-11-25/h3-5,8-9,12-13,17,20,24-25H,6-7,10-11,14-16,18-19H2,1-2H3/t24-/m0/s1. The van der Waals surface area contributed by atoms with E-state index < -0.39 is 0 Å². The van der Waals surface area contributed by atoms with Crippen molar-refractivity contribution >= 4 is 22.9 Å². The molecular weight excluding hydrogens is 470 g/mol. The van der Waals surface area contributed by atoms with Gasteiger partial charge in [-0.05, 0) is 56.7 Å². The normalized spacial score (nSPS) is 18.4. The lowest BCUT2D eigenvalue weighted by Crippen LogP contribution is -2.56. The van der Waals surface area contributed by atoms with Crippen molar-refractivity contribution in [3.8, 4) is 11.5 Å². The largest absolute Gasteiger partial charge is 0.493 e. The Bertz CT molecular complexity index is 1160. The SMILES string of the molecule is COc1ccc(N2CCN(C(=O)Cc3nc(C)cs3)[C@@H](Cc3ccccc3)C2)cc1OC1CCCC1. The monoisotopic (exact) mass is 505 g/mol. The third-order valence-electron chi connectivity index (χ3n) is 7.19. The first-order valence-electron chi connectivity index (χ1n) is 12.9. The summed E-state index contributed by atoms with van der Waals surface area (Å²) in [6.07, 6.45) is 6.11. The fourth-order valence-electron chi connectivity index (χ4n) is 5.33. The molecule has 2 fully saturated rings. The Labute approximate surface area is 217 Å². The molecule has 0 spiro atoms. The van der Waals surface area contributed by atoms with Crippen LogP contribution >= 0.6 is 11.3 Å². The molecule has 2 aromatic carbocycles. The van der Waals surface area contributed by atoms with Gasteiger partial charge in [-0.25, -0.2) is 4.98 Å². The zero-order valence-electron chi connectivity index (χ0n) is 21.2. The molecule has 1 saturated carbocycles. The van der Waals surface area contributed by atoms with E-state index in [-0.39, 0.29) is 18.1 Å². The van der Waals surface area contributed by atoms with Gasteiger partial charge in [0.2, 0.25) is 5.91 Å². The summed E-state index contributed by atoms with van der Waals surface area (Å²) in [4.78, 5) is 22.4. The molecule has 2 heterocycles. The Morgan fingerprint density at radius 3 is 2.61 bits per heavy atom. The van der Waals surface area contributed by atoms with Gasteiger partial charge in [-0.2, -0.15) is 0 Å². The van der Waals surface area contributed by atoms with Crippen molar-refractivity contribution in [2.45, 2.75) is 57.6 Å². The molecule has 2 aliphatic rings. The van der Waals surface area contributed by atoms with E-state index in [1.807, 2.05) is 24.4 Å². The molecule has 7 heteroatoms. The minimum atomic E-state index is 0.0796. The molecule has 1 saturated heterocycles. The van der Waals surface area contributed by atoms with Gasteiger partial charge in [0.05, 0.1) is 25.7 Å². The smallest absolute Gasteiger partial charge is 0.229 e. The number of methoxy groups -OCH3 is 1. The minimum absolute atomic E-state index is 0.0796. The Kier molecular flexibility index (Phi) is 7.75. The van der Waals surface area contributed by atoms with Gasteiger partial charge >= 0.3 is 0 Å². The molecule has 190 valence electrons. The van der Waals surface area contributed by atoms with E-state index >= 15 is 0 Å². The molecule has 1 amide bonds. The topological polar surface area (TPSA) is 54.9 Å². The van der Waals surface area contributed by atoms with E-state index in [4.69, 9.17) is 9.47 Å². The summed E-state index contributed by atoms with van der Waals surface area (Å²) >= 11 is 1.57. The predicted molar refractivity (Wildman–Crippen MR) is 144 cm³/mol. The maximum absolute atomic E-state index is 13.4. The van der Waals surface area contributed by atoms with Crippen LogP contribution in [0.5, 0.6) is 11.5 Å². The van der Waals surface area contributed by atoms with Gasteiger partial charge in [-0.3, -0.25) is 4.79 Å². The summed E-state index contributed by atoms with van der Waals surface area (Å²) in [6, 6.07) is 16.8. The lowest BCUT2D eigenvalue weighted by Gasteiger charge is -2.43. The van der Waals surface area contributed by atoms with Crippen molar-refractivity contribution in [3.05, 3.63) is 70.2 Å². The Morgan fingerprint density at radius 1 is 1.08 bits per heavy atom. The number of carbonyl (C=O) groups excluding carboxylic acids is 1. The number of aryl methyl sites for hydroxylation is 1. The van der Waals surface area contributed by atoms with Gasteiger partial charge in [0.1, 0.15) is 5.01 Å². The fraction of sp³-hybridized carbons (Fsp3) is 0.448.